The van der Waals surface area contributed by atoms with E-state index in [-0.39, 0.29) is 18.2 Å². The number of rotatable bonds is 11. The molecule has 0 aliphatic rings. The van der Waals surface area contributed by atoms with Crippen molar-refractivity contribution in [2.75, 3.05) is 26.2 Å². The lowest BCUT2D eigenvalue weighted by Gasteiger charge is -2.14. The van der Waals surface area contributed by atoms with Gasteiger partial charge in [-0.05, 0) is 43.2 Å². The van der Waals surface area contributed by atoms with Gasteiger partial charge in [-0.2, -0.15) is 8.78 Å². The third kappa shape index (κ3) is 9.00. The molecule has 0 saturated heterocycles. The largest absolute Gasteiger partial charge is 0.435 e. The monoisotopic (exact) mass is 434 g/mol. The standard InChI is InChI=1S/C22H28F2N4O3/c1-2-25-22(27-14-6-13-26-20(30)17-7-4-3-5-8-17)28-15-19(29)16-9-11-18(12-10-16)31-21(23)24/h3-5,7-12,19,21,29H,2,6,13-15H2,1H3,(H,26,30)(H2,25,27,28). The first kappa shape index (κ1) is 24.1. The minimum absolute atomic E-state index is 0.0313. The SMILES string of the molecule is CCNC(=NCC(O)c1ccc(OC(F)F)cc1)NCCCNC(=O)c1ccccc1. The molecule has 168 valence electrons. The molecule has 1 amide bonds. The number of amides is 1. The van der Waals surface area contributed by atoms with E-state index >= 15 is 0 Å². The zero-order valence-corrected chi connectivity index (χ0v) is 17.4. The molecule has 0 radical (unpaired) electrons. The maximum Gasteiger partial charge on any atom is 0.387 e. The fourth-order valence-electron chi connectivity index (χ4n) is 2.69. The van der Waals surface area contributed by atoms with Crippen molar-refractivity contribution in [2.45, 2.75) is 26.1 Å². The fraction of sp³-hybridized carbons (Fsp3) is 0.364. The number of benzene rings is 2. The minimum atomic E-state index is -2.89. The van der Waals surface area contributed by atoms with E-state index in [9.17, 15) is 18.7 Å². The first-order chi connectivity index (χ1) is 15.0. The predicted molar refractivity (Wildman–Crippen MR) is 115 cm³/mol. The van der Waals surface area contributed by atoms with Crippen molar-refractivity contribution in [1.82, 2.24) is 16.0 Å². The molecule has 0 bridgehead atoms. The molecule has 7 nitrogen and oxygen atoms in total. The maximum atomic E-state index is 12.2. The summed E-state index contributed by atoms with van der Waals surface area (Å²) in [5.41, 5.74) is 1.16. The number of ether oxygens (including phenoxy) is 1. The van der Waals surface area contributed by atoms with Gasteiger partial charge in [0.05, 0.1) is 12.6 Å². The average molecular weight is 434 g/mol. The van der Waals surface area contributed by atoms with Crippen LogP contribution in [0.5, 0.6) is 5.75 Å². The van der Waals surface area contributed by atoms with Crippen LogP contribution in [0.2, 0.25) is 0 Å². The van der Waals surface area contributed by atoms with Gasteiger partial charge in [-0.25, -0.2) is 0 Å². The van der Waals surface area contributed by atoms with Crippen molar-refractivity contribution < 1.29 is 23.4 Å². The van der Waals surface area contributed by atoms with Crippen LogP contribution in [-0.4, -0.2) is 49.8 Å². The number of hydrogen-bond acceptors (Lipinski definition) is 4. The Kier molecular flexibility index (Phi) is 10.2. The molecule has 31 heavy (non-hydrogen) atoms. The van der Waals surface area contributed by atoms with E-state index in [2.05, 4.69) is 25.7 Å². The van der Waals surface area contributed by atoms with Crippen molar-refractivity contribution in [3.05, 3.63) is 65.7 Å². The van der Waals surface area contributed by atoms with Gasteiger partial charge in [0.25, 0.3) is 5.91 Å². The summed E-state index contributed by atoms with van der Waals surface area (Å²) in [5, 5.41) is 19.4. The molecule has 2 aromatic rings. The van der Waals surface area contributed by atoms with Crippen LogP contribution < -0.4 is 20.7 Å². The van der Waals surface area contributed by atoms with Gasteiger partial charge in [0.2, 0.25) is 0 Å². The number of aliphatic imine (C=N–C) groups is 1. The number of guanidine groups is 1. The molecule has 0 aliphatic carbocycles. The lowest BCUT2D eigenvalue weighted by Crippen LogP contribution is -2.39. The van der Waals surface area contributed by atoms with Crippen LogP contribution in [0.25, 0.3) is 0 Å². The fourth-order valence-corrected chi connectivity index (χ4v) is 2.69. The third-order valence-electron chi connectivity index (χ3n) is 4.22. The summed E-state index contributed by atoms with van der Waals surface area (Å²) < 4.78 is 28.7. The van der Waals surface area contributed by atoms with Gasteiger partial charge < -0.3 is 25.8 Å². The summed E-state index contributed by atoms with van der Waals surface area (Å²) in [7, 11) is 0. The Morgan fingerprint density at radius 1 is 1.03 bits per heavy atom. The van der Waals surface area contributed by atoms with Gasteiger partial charge >= 0.3 is 6.61 Å². The van der Waals surface area contributed by atoms with Crippen LogP contribution in [0.1, 0.15) is 35.4 Å². The number of nitrogens with one attached hydrogen (secondary N) is 3. The zero-order chi connectivity index (χ0) is 22.5. The molecular weight excluding hydrogens is 406 g/mol. The highest BCUT2D eigenvalue weighted by Gasteiger charge is 2.10. The van der Waals surface area contributed by atoms with Crippen LogP contribution >= 0.6 is 0 Å². The van der Waals surface area contributed by atoms with Crippen LogP contribution in [0, 0.1) is 0 Å². The van der Waals surface area contributed by atoms with E-state index in [0.717, 1.165) is 0 Å². The number of halogens is 2. The minimum Gasteiger partial charge on any atom is -0.435 e. The van der Waals surface area contributed by atoms with Gasteiger partial charge in [0.15, 0.2) is 5.96 Å². The predicted octanol–water partition coefficient (Wildman–Crippen LogP) is 2.70. The summed E-state index contributed by atoms with van der Waals surface area (Å²) in [5.74, 6) is 0.451. The van der Waals surface area contributed by atoms with E-state index in [0.29, 0.717) is 43.1 Å². The molecule has 4 N–H and O–H groups in total. The summed E-state index contributed by atoms with van der Waals surface area (Å²) >= 11 is 0. The van der Waals surface area contributed by atoms with E-state index in [1.165, 1.54) is 24.3 Å². The van der Waals surface area contributed by atoms with Crippen molar-refractivity contribution in [3.8, 4) is 5.75 Å². The van der Waals surface area contributed by atoms with Crippen LogP contribution in [0.3, 0.4) is 0 Å². The van der Waals surface area contributed by atoms with Gasteiger partial charge in [-0.3, -0.25) is 9.79 Å². The van der Waals surface area contributed by atoms with E-state index < -0.39 is 12.7 Å². The number of aliphatic hydroxyl groups excluding tert-OH is 1. The lowest BCUT2D eigenvalue weighted by molar-refractivity contribution is -0.0498. The molecule has 2 aromatic carbocycles. The average Bonchev–Trinajstić information content (AvgIpc) is 2.77. The van der Waals surface area contributed by atoms with Crippen LogP contribution in [0.4, 0.5) is 8.78 Å². The van der Waals surface area contributed by atoms with Crippen molar-refractivity contribution in [3.63, 3.8) is 0 Å². The first-order valence-corrected chi connectivity index (χ1v) is 10.1. The summed E-state index contributed by atoms with van der Waals surface area (Å²) in [6.45, 7) is 0.865. The smallest absolute Gasteiger partial charge is 0.387 e. The van der Waals surface area contributed by atoms with Crippen molar-refractivity contribution in [1.29, 1.82) is 0 Å². The third-order valence-corrected chi connectivity index (χ3v) is 4.22. The van der Waals surface area contributed by atoms with E-state index in [1.807, 2.05) is 25.1 Å². The second-order valence-electron chi connectivity index (χ2n) is 6.59. The highest BCUT2D eigenvalue weighted by molar-refractivity contribution is 5.94. The second-order valence-corrected chi connectivity index (χ2v) is 6.59. The lowest BCUT2D eigenvalue weighted by atomic mass is 10.1. The van der Waals surface area contributed by atoms with Crippen molar-refractivity contribution in [2.24, 2.45) is 4.99 Å². The zero-order valence-electron chi connectivity index (χ0n) is 17.4. The molecule has 9 heteroatoms. The Morgan fingerprint density at radius 2 is 1.71 bits per heavy atom. The number of alkyl halides is 2. The molecule has 0 heterocycles. The second kappa shape index (κ2) is 13.2. The molecule has 1 unspecified atom stereocenters. The molecule has 0 aliphatic heterocycles. The number of hydrogen-bond donors (Lipinski definition) is 4. The molecule has 0 saturated carbocycles. The van der Waals surface area contributed by atoms with Crippen LogP contribution in [0.15, 0.2) is 59.6 Å². The van der Waals surface area contributed by atoms with Gasteiger partial charge in [-0.15, -0.1) is 0 Å². The Hall–Kier alpha value is -3.20. The van der Waals surface area contributed by atoms with Gasteiger partial charge in [0.1, 0.15) is 5.75 Å². The normalized spacial score (nSPS) is 12.4. The quantitative estimate of drug-likeness (QED) is 0.248. The molecule has 0 fully saturated rings. The molecule has 1 atom stereocenters. The van der Waals surface area contributed by atoms with Crippen molar-refractivity contribution >= 4 is 11.9 Å². The Bertz CT molecular complexity index is 817. The molecule has 0 spiro atoms. The van der Waals surface area contributed by atoms with E-state index in [4.69, 9.17) is 0 Å². The molecular formula is C22H28F2N4O3. The number of carbonyl (C=O) groups excluding carboxylic acids is 1. The summed E-state index contributed by atoms with van der Waals surface area (Å²) in [6.07, 6.45) is -0.196. The first-order valence-electron chi connectivity index (χ1n) is 10.1. The van der Waals surface area contributed by atoms with E-state index in [1.54, 1.807) is 12.1 Å². The Labute approximate surface area is 180 Å². The van der Waals surface area contributed by atoms with Crippen LogP contribution in [-0.2, 0) is 0 Å². The topological polar surface area (TPSA) is 95.0 Å². The summed E-state index contributed by atoms with van der Waals surface area (Å²) in [6, 6.07) is 14.8. The summed E-state index contributed by atoms with van der Waals surface area (Å²) in [4.78, 5) is 16.3. The number of nitrogens with zero attached hydrogens (tertiary/aromatic N) is 1. The molecule has 0 aromatic heterocycles. The Morgan fingerprint density at radius 3 is 2.35 bits per heavy atom. The number of carbonyl (C=O) groups is 1. The maximum absolute atomic E-state index is 12.2. The highest BCUT2D eigenvalue weighted by Crippen LogP contribution is 2.19. The van der Waals surface area contributed by atoms with Gasteiger partial charge in [0, 0.05) is 25.2 Å². The van der Waals surface area contributed by atoms with Gasteiger partial charge in [-0.1, -0.05) is 30.3 Å². The molecule has 2 rings (SSSR count). The highest BCUT2D eigenvalue weighted by atomic mass is 19.3. The Balaban J connectivity index is 1.75. The number of aliphatic hydroxyl groups is 1.